The van der Waals surface area contributed by atoms with Crippen LogP contribution >= 0.6 is 0 Å². The van der Waals surface area contributed by atoms with Crippen molar-refractivity contribution in [1.29, 1.82) is 0 Å². The normalized spacial score (nSPS) is 20.5. The summed E-state index contributed by atoms with van der Waals surface area (Å²) in [5.74, 6) is 1.08. The van der Waals surface area contributed by atoms with Gasteiger partial charge in [-0.3, -0.25) is 4.98 Å². The zero-order valence-electron chi connectivity index (χ0n) is 18.1. The van der Waals surface area contributed by atoms with E-state index in [0.717, 1.165) is 75.0 Å². The molecule has 3 aromatic heterocycles. The molecule has 0 radical (unpaired) electrons. The highest BCUT2D eigenvalue weighted by Crippen LogP contribution is 2.41. The van der Waals surface area contributed by atoms with Gasteiger partial charge >= 0.3 is 0 Å². The molecule has 7 nitrogen and oxygen atoms in total. The average Bonchev–Trinajstić information content (AvgIpc) is 3.62. The summed E-state index contributed by atoms with van der Waals surface area (Å²) in [5.41, 5.74) is 7.59. The second-order valence-corrected chi connectivity index (χ2v) is 8.97. The molecule has 1 saturated carbocycles. The van der Waals surface area contributed by atoms with Gasteiger partial charge in [0, 0.05) is 55.6 Å². The van der Waals surface area contributed by atoms with Gasteiger partial charge in [0.05, 0.1) is 36.0 Å². The number of rotatable bonds is 4. The van der Waals surface area contributed by atoms with E-state index in [1.807, 2.05) is 6.20 Å². The fraction of sp³-hybridized carbons (Fsp3) is 0.542. The molecule has 0 aromatic carbocycles. The van der Waals surface area contributed by atoms with Gasteiger partial charge in [0.2, 0.25) is 0 Å². The Morgan fingerprint density at radius 1 is 0.903 bits per heavy atom. The number of imidazole rings is 1. The molecule has 3 fully saturated rings. The van der Waals surface area contributed by atoms with Crippen LogP contribution < -0.4 is 4.90 Å². The molecule has 0 unspecified atom stereocenters. The minimum absolute atomic E-state index is 0.499. The van der Waals surface area contributed by atoms with E-state index in [1.165, 1.54) is 29.9 Å². The predicted molar refractivity (Wildman–Crippen MR) is 119 cm³/mol. The Bertz CT molecular complexity index is 1080. The van der Waals surface area contributed by atoms with Crippen LogP contribution in [0.3, 0.4) is 0 Å². The Morgan fingerprint density at radius 2 is 1.65 bits per heavy atom. The molecule has 2 aliphatic heterocycles. The van der Waals surface area contributed by atoms with Crippen molar-refractivity contribution in [3.8, 4) is 11.3 Å². The Kier molecular flexibility index (Phi) is 4.88. The first kappa shape index (κ1) is 19.2. The number of aryl methyl sites for hydroxylation is 1. The van der Waals surface area contributed by atoms with Crippen molar-refractivity contribution in [1.82, 2.24) is 19.6 Å². The molecule has 6 rings (SSSR count). The molecular weight excluding hydrogens is 390 g/mol. The molecule has 3 aliphatic rings. The first-order valence-corrected chi connectivity index (χ1v) is 11.5. The van der Waals surface area contributed by atoms with E-state index in [4.69, 9.17) is 24.5 Å². The lowest BCUT2D eigenvalue weighted by Gasteiger charge is -2.29. The standard InChI is InChI=1S/C24H29N5O2/c1-16-23(19-4-5-20(25-15-19)18-6-10-30-11-7-18)29-24(26-16)22(28-8-12-31-13-9-28)14-21(27-29)17-2-3-17/h4-5,14-15,17-18H,2-3,6-13H2,1H3. The van der Waals surface area contributed by atoms with Crippen molar-refractivity contribution in [2.45, 2.75) is 44.4 Å². The van der Waals surface area contributed by atoms with E-state index in [-0.39, 0.29) is 0 Å². The number of anilines is 1. The molecule has 7 heteroatoms. The molecule has 0 N–H and O–H groups in total. The SMILES string of the molecule is Cc1nc2c(N3CCOCC3)cc(C3CC3)nn2c1-c1ccc(C2CCOCC2)nc1. The van der Waals surface area contributed by atoms with E-state index in [9.17, 15) is 0 Å². The number of pyridine rings is 1. The molecule has 2 saturated heterocycles. The third-order valence-electron chi connectivity index (χ3n) is 6.80. The lowest BCUT2D eigenvalue weighted by molar-refractivity contribution is 0.0845. The van der Waals surface area contributed by atoms with Crippen molar-refractivity contribution in [2.24, 2.45) is 0 Å². The quantitative estimate of drug-likeness (QED) is 0.642. The number of nitrogens with zero attached hydrogens (tertiary/aromatic N) is 5. The maximum absolute atomic E-state index is 5.58. The van der Waals surface area contributed by atoms with Gasteiger partial charge in [0.15, 0.2) is 5.65 Å². The van der Waals surface area contributed by atoms with Crippen LogP contribution in [0, 0.1) is 6.92 Å². The smallest absolute Gasteiger partial charge is 0.178 e. The summed E-state index contributed by atoms with van der Waals surface area (Å²) < 4.78 is 13.2. The van der Waals surface area contributed by atoms with E-state index in [0.29, 0.717) is 11.8 Å². The second kappa shape index (κ2) is 7.88. The van der Waals surface area contributed by atoms with E-state index >= 15 is 0 Å². The minimum atomic E-state index is 0.499. The summed E-state index contributed by atoms with van der Waals surface area (Å²) in [4.78, 5) is 12.2. The fourth-order valence-electron chi connectivity index (χ4n) is 4.86. The predicted octanol–water partition coefficient (Wildman–Crippen LogP) is 3.71. The summed E-state index contributed by atoms with van der Waals surface area (Å²) >= 11 is 0. The minimum Gasteiger partial charge on any atom is -0.381 e. The number of ether oxygens (including phenoxy) is 2. The highest BCUT2D eigenvalue weighted by atomic mass is 16.5. The van der Waals surface area contributed by atoms with Gasteiger partial charge in [-0.25, -0.2) is 9.50 Å². The van der Waals surface area contributed by atoms with Gasteiger partial charge in [-0.15, -0.1) is 0 Å². The van der Waals surface area contributed by atoms with Crippen LogP contribution in [0.5, 0.6) is 0 Å². The molecule has 162 valence electrons. The lowest BCUT2D eigenvalue weighted by atomic mass is 9.95. The summed E-state index contributed by atoms with van der Waals surface area (Å²) in [5, 5.41) is 5.05. The van der Waals surface area contributed by atoms with Crippen LogP contribution in [0.4, 0.5) is 5.69 Å². The van der Waals surface area contributed by atoms with Crippen LogP contribution in [-0.4, -0.2) is 59.1 Å². The summed E-state index contributed by atoms with van der Waals surface area (Å²) in [6.45, 7) is 7.06. The van der Waals surface area contributed by atoms with E-state index in [1.54, 1.807) is 0 Å². The highest BCUT2D eigenvalue weighted by molar-refractivity contribution is 5.75. The average molecular weight is 420 g/mol. The van der Waals surface area contributed by atoms with Crippen molar-refractivity contribution in [3.63, 3.8) is 0 Å². The van der Waals surface area contributed by atoms with Gasteiger partial charge in [0.1, 0.15) is 0 Å². The number of morpholine rings is 1. The highest BCUT2D eigenvalue weighted by Gasteiger charge is 2.29. The number of hydrogen-bond donors (Lipinski definition) is 0. The van der Waals surface area contributed by atoms with Crippen molar-refractivity contribution in [2.75, 3.05) is 44.4 Å². The Hall–Kier alpha value is -2.51. The third-order valence-corrected chi connectivity index (χ3v) is 6.80. The zero-order valence-corrected chi connectivity index (χ0v) is 18.1. The molecule has 0 atom stereocenters. The summed E-state index contributed by atoms with van der Waals surface area (Å²) in [6, 6.07) is 6.63. The molecule has 1 aliphatic carbocycles. The van der Waals surface area contributed by atoms with Crippen LogP contribution in [0.25, 0.3) is 16.9 Å². The zero-order chi connectivity index (χ0) is 20.8. The number of hydrogen-bond acceptors (Lipinski definition) is 6. The first-order chi connectivity index (χ1) is 15.3. The largest absolute Gasteiger partial charge is 0.381 e. The van der Waals surface area contributed by atoms with Gasteiger partial charge in [0.25, 0.3) is 0 Å². The van der Waals surface area contributed by atoms with Gasteiger partial charge in [-0.1, -0.05) is 0 Å². The summed E-state index contributed by atoms with van der Waals surface area (Å²) in [6.07, 6.45) is 6.56. The molecule has 5 heterocycles. The second-order valence-electron chi connectivity index (χ2n) is 8.97. The monoisotopic (exact) mass is 419 g/mol. The maximum Gasteiger partial charge on any atom is 0.178 e. The summed E-state index contributed by atoms with van der Waals surface area (Å²) in [7, 11) is 0. The molecular formula is C24H29N5O2. The third kappa shape index (κ3) is 3.59. The van der Waals surface area contributed by atoms with Gasteiger partial charge in [-0.05, 0) is 50.8 Å². The van der Waals surface area contributed by atoms with Gasteiger partial charge in [-0.2, -0.15) is 5.10 Å². The Morgan fingerprint density at radius 3 is 2.35 bits per heavy atom. The number of aromatic nitrogens is 4. The van der Waals surface area contributed by atoms with E-state index < -0.39 is 0 Å². The first-order valence-electron chi connectivity index (χ1n) is 11.5. The molecule has 3 aromatic rings. The molecule has 0 bridgehead atoms. The van der Waals surface area contributed by atoms with Crippen LogP contribution in [0.2, 0.25) is 0 Å². The van der Waals surface area contributed by atoms with E-state index in [2.05, 4.69) is 34.5 Å². The van der Waals surface area contributed by atoms with Crippen LogP contribution in [0.15, 0.2) is 24.4 Å². The Labute approximate surface area is 182 Å². The Balaban J connectivity index is 1.43. The van der Waals surface area contributed by atoms with Crippen LogP contribution in [0.1, 0.15) is 54.6 Å². The molecule has 0 spiro atoms. The lowest BCUT2D eigenvalue weighted by Crippen LogP contribution is -2.36. The van der Waals surface area contributed by atoms with Gasteiger partial charge < -0.3 is 14.4 Å². The van der Waals surface area contributed by atoms with Crippen molar-refractivity contribution >= 4 is 11.3 Å². The molecule has 31 heavy (non-hydrogen) atoms. The van der Waals surface area contributed by atoms with Crippen molar-refractivity contribution < 1.29 is 9.47 Å². The van der Waals surface area contributed by atoms with Crippen molar-refractivity contribution in [3.05, 3.63) is 41.5 Å². The topological polar surface area (TPSA) is 64.8 Å². The number of fused-ring (bicyclic) bond motifs is 1. The molecule has 0 amide bonds. The maximum atomic E-state index is 5.58. The van der Waals surface area contributed by atoms with Crippen LogP contribution in [-0.2, 0) is 9.47 Å². The fourth-order valence-corrected chi connectivity index (χ4v) is 4.86.